The van der Waals surface area contributed by atoms with Crippen molar-refractivity contribution in [1.29, 1.82) is 0 Å². The first-order valence-electron chi connectivity index (χ1n) is 8.96. The minimum Gasteiger partial charge on any atom is -0.382 e. The predicted octanol–water partition coefficient (Wildman–Crippen LogP) is 3.86. The van der Waals surface area contributed by atoms with E-state index in [1.54, 1.807) is 23.6 Å². The zero-order valence-corrected chi connectivity index (χ0v) is 17.1. The van der Waals surface area contributed by atoms with Crippen molar-refractivity contribution in [3.63, 3.8) is 0 Å². The van der Waals surface area contributed by atoms with Crippen LogP contribution in [0.15, 0.2) is 58.1 Å². The van der Waals surface area contributed by atoms with Crippen LogP contribution in [0.3, 0.4) is 0 Å². The number of thiophene rings is 1. The van der Waals surface area contributed by atoms with Crippen LogP contribution in [0.2, 0.25) is 0 Å². The number of hydrogen-bond acceptors (Lipinski definition) is 5. The zero-order chi connectivity index (χ0) is 20.0. The molecule has 8 heteroatoms. The van der Waals surface area contributed by atoms with Crippen molar-refractivity contribution < 1.29 is 17.9 Å². The summed E-state index contributed by atoms with van der Waals surface area (Å²) in [4.78, 5) is 12.7. The molecule has 0 bridgehead atoms. The van der Waals surface area contributed by atoms with E-state index < -0.39 is 10.0 Å². The van der Waals surface area contributed by atoms with Crippen LogP contribution in [0, 0.1) is 0 Å². The number of ether oxygens (including phenoxy) is 1. The highest BCUT2D eigenvalue weighted by Gasteiger charge is 2.20. The monoisotopic (exact) mass is 418 g/mol. The van der Waals surface area contributed by atoms with Gasteiger partial charge in [-0.15, -0.1) is 11.3 Å². The molecule has 1 amide bonds. The molecular formula is C20H22N2O4S2. The van der Waals surface area contributed by atoms with Gasteiger partial charge in [-0.25, -0.2) is 8.42 Å². The Morgan fingerprint density at radius 3 is 2.54 bits per heavy atom. The van der Waals surface area contributed by atoms with Crippen LogP contribution in [0.4, 0.5) is 5.69 Å². The maximum Gasteiger partial charge on any atom is 0.271 e. The van der Waals surface area contributed by atoms with Crippen molar-refractivity contribution in [1.82, 2.24) is 5.32 Å². The fraction of sp³-hybridized carbons (Fsp3) is 0.250. The van der Waals surface area contributed by atoms with E-state index in [9.17, 15) is 13.2 Å². The van der Waals surface area contributed by atoms with E-state index in [0.29, 0.717) is 26.2 Å². The summed E-state index contributed by atoms with van der Waals surface area (Å²) in [7, 11) is -3.76. The summed E-state index contributed by atoms with van der Waals surface area (Å²) in [5.41, 5.74) is 0.546. The molecule has 6 nitrogen and oxygen atoms in total. The van der Waals surface area contributed by atoms with Crippen LogP contribution in [-0.2, 0) is 14.8 Å². The average Bonchev–Trinajstić information content (AvgIpc) is 3.23. The van der Waals surface area contributed by atoms with Crippen LogP contribution in [0.5, 0.6) is 0 Å². The molecular weight excluding hydrogens is 396 g/mol. The number of hydrogen-bond donors (Lipinski definition) is 2. The lowest BCUT2D eigenvalue weighted by Gasteiger charge is -2.14. The summed E-state index contributed by atoms with van der Waals surface area (Å²) in [6.07, 6.45) is 0.684. The smallest absolute Gasteiger partial charge is 0.271 e. The van der Waals surface area contributed by atoms with Crippen molar-refractivity contribution in [2.45, 2.75) is 17.6 Å². The van der Waals surface area contributed by atoms with E-state index in [-0.39, 0.29) is 21.4 Å². The van der Waals surface area contributed by atoms with Gasteiger partial charge in [0.1, 0.15) is 4.21 Å². The molecule has 2 aromatic carbocycles. The Balaban J connectivity index is 1.89. The lowest BCUT2D eigenvalue weighted by Crippen LogP contribution is -2.27. The Morgan fingerprint density at radius 1 is 1.11 bits per heavy atom. The lowest BCUT2D eigenvalue weighted by atomic mass is 10.0. The number of anilines is 1. The van der Waals surface area contributed by atoms with Crippen molar-refractivity contribution in [3.8, 4) is 0 Å². The summed E-state index contributed by atoms with van der Waals surface area (Å²) in [5.74, 6) is -0.328. The topological polar surface area (TPSA) is 84.5 Å². The average molecular weight is 419 g/mol. The molecule has 0 saturated heterocycles. The van der Waals surface area contributed by atoms with Gasteiger partial charge in [-0.2, -0.15) is 0 Å². The molecule has 148 valence electrons. The predicted molar refractivity (Wildman–Crippen MR) is 113 cm³/mol. The second-order valence-electron chi connectivity index (χ2n) is 6.09. The highest BCUT2D eigenvalue weighted by atomic mass is 32.2. The van der Waals surface area contributed by atoms with Gasteiger partial charge in [0.05, 0.1) is 11.3 Å². The van der Waals surface area contributed by atoms with E-state index in [2.05, 4.69) is 10.0 Å². The minimum absolute atomic E-state index is 0.198. The standard InChI is InChI=1S/C20H22N2O4S2/c1-2-26-11-6-10-21-20(23)17-13-15-7-3-4-8-16(15)14-18(17)22-28(24,25)19-9-5-12-27-19/h3-5,7-9,12-14,22H,2,6,10-11H2,1H3,(H,21,23). The molecule has 1 aromatic heterocycles. The number of carbonyl (C=O) groups excluding carboxylic acids is 1. The fourth-order valence-corrected chi connectivity index (χ4v) is 4.80. The molecule has 0 spiro atoms. The minimum atomic E-state index is -3.76. The van der Waals surface area contributed by atoms with Gasteiger partial charge in [-0.1, -0.05) is 30.3 Å². The largest absolute Gasteiger partial charge is 0.382 e. The summed E-state index contributed by atoms with van der Waals surface area (Å²) in [6, 6.07) is 14.1. The zero-order valence-electron chi connectivity index (χ0n) is 15.5. The molecule has 0 radical (unpaired) electrons. The molecule has 0 aliphatic heterocycles. The van der Waals surface area contributed by atoms with E-state index in [1.807, 2.05) is 31.2 Å². The van der Waals surface area contributed by atoms with Crippen LogP contribution in [-0.4, -0.2) is 34.1 Å². The molecule has 0 atom stereocenters. The second kappa shape index (κ2) is 9.18. The summed E-state index contributed by atoms with van der Waals surface area (Å²) in [6.45, 7) is 3.56. The highest BCUT2D eigenvalue weighted by Crippen LogP contribution is 2.27. The van der Waals surface area contributed by atoms with Gasteiger partial charge in [0.15, 0.2) is 0 Å². The molecule has 3 rings (SSSR count). The SMILES string of the molecule is CCOCCCNC(=O)c1cc2ccccc2cc1NS(=O)(=O)c1cccs1. The van der Waals surface area contributed by atoms with Gasteiger partial charge in [-0.05, 0) is 47.7 Å². The van der Waals surface area contributed by atoms with Crippen LogP contribution < -0.4 is 10.0 Å². The Labute approximate surface area is 168 Å². The van der Waals surface area contributed by atoms with Gasteiger partial charge in [0, 0.05) is 19.8 Å². The van der Waals surface area contributed by atoms with Gasteiger partial charge in [0.2, 0.25) is 0 Å². The Kier molecular flexibility index (Phi) is 6.66. The number of rotatable bonds is 9. The molecule has 0 aliphatic carbocycles. The van der Waals surface area contributed by atoms with Crippen molar-refractivity contribution in [2.24, 2.45) is 0 Å². The summed E-state index contributed by atoms with van der Waals surface area (Å²) in [5, 5.41) is 6.24. The van der Waals surface area contributed by atoms with Gasteiger partial charge in [-0.3, -0.25) is 9.52 Å². The molecule has 3 aromatic rings. The van der Waals surface area contributed by atoms with Gasteiger partial charge < -0.3 is 10.1 Å². The maximum atomic E-state index is 12.7. The number of benzene rings is 2. The number of sulfonamides is 1. The van der Waals surface area contributed by atoms with Crippen LogP contribution in [0.25, 0.3) is 10.8 Å². The summed E-state index contributed by atoms with van der Waals surface area (Å²) < 4.78 is 33.3. The molecule has 0 unspecified atom stereocenters. The van der Waals surface area contributed by atoms with Crippen molar-refractivity contribution in [3.05, 3.63) is 59.5 Å². The van der Waals surface area contributed by atoms with Crippen molar-refractivity contribution in [2.75, 3.05) is 24.5 Å². The van der Waals surface area contributed by atoms with Gasteiger partial charge >= 0.3 is 0 Å². The molecule has 0 saturated carbocycles. The molecule has 1 heterocycles. The van der Waals surface area contributed by atoms with Crippen molar-refractivity contribution >= 4 is 43.7 Å². The third-order valence-electron chi connectivity index (χ3n) is 4.09. The lowest BCUT2D eigenvalue weighted by molar-refractivity contribution is 0.0945. The Morgan fingerprint density at radius 2 is 1.86 bits per heavy atom. The number of nitrogens with one attached hydrogen (secondary N) is 2. The van der Waals surface area contributed by atoms with E-state index in [1.165, 1.54) is 6.07 Å². The number of carbonyl (C=O) groups is 1. The first-order chi connectivity index (χ1) is 13.5. The van der Waals surface area contributed by atoms with Gasteiger partial charge in [0.25, 0.3) is 15.9 Å². The summed E-state index contributed by atoms with van der Waals surface area (Å²) >= 11 is 1.12. The second-order valence-corrected chi connectivity index (χ2v) is 8.95. The fourth-order valence-electron chi connectivity index (χ4n) is 2.74. The number of fused-ring (bicyclic) bond motifs is 1. The van der Waals surface area contributed by atoms with Crippen LogP contribution >= 0.6 is 11.3 Å². The molecule has 0 fully saturated rings. The number of amides is 1. The quantitative estimate of drug-likeness (QED) is 0.517. The van der Waals surface area contributed by atoms with E-state index >= 15 is 0 Å². The molecule has 28 heavy (non-hydrogen) atoms. The first-order valence-corrected chi connectivity index (χ1v) is 11.3. The highest BCUT2D eigenvalue weighted by molar-refractivity contribution is 7.94. The van der Waals surface area contributed by atoms with E-state index in [0.717, 1.165) is 22.1 Å². The molecule has 2 N–H and O–H groups in total. The molecule has 0 aliphatic rings. The van der Waals surface area contributed by atoms with E-state index in [4.69, 9.17) is 4.74 Å². The van der Waals surface area contributed by atoms with Crippen LogP contribution in [0.1, 0.15) is 23.7 Å². The Hall–Kier alpha value is -2.42. The Bertz CT molecular complexity index is 1050. The normalized spacial score (nSPS) is 11.5. The third kappa shape index (κ3) is 4.89. The third-order valence-corrected chi connectivity index (χ3v) is 6.85. The first kappa shape index (κ1) is 20.3. The maximum absolute atomic E-state index is 12.7.